The molecule has 1 heterocycles. The highest BCUT2D eigenvalue weighted by Gasteiger charge is 2.20. The van der Waals surface area contributed by atoms with Gasteiger partial charge < -0.3 is 9.64 Å². The Balaban J connectivity index is 2.30. The van der Waals surface area contributed by atoms with Crippen LogP contribution in [0.1, 0.15) is 5.56 Å². The summed E-state index contributed by atoms with van der Waals surface area (Å²) in [6, 6.07) is 7.31. The first-order valence-corrected chi connectivity index (χ1v) is 5.59. The van der Waals surface area contributed by atoms with Gasteiger partial charge in [-0.25, -0.2) is 0 Å². The van der Waals surface area contributed by atoms with Crippen molar-refractivity contribution >= 4 is 27.5 Å². The van der Waals surface area contributed by atoms with Gasteiger partial charge in [-0.2, -0.15) is 5.26 Å². The number of amides is 1. The molecule has 4 nitrogen and oxygen atoms in total. The average Bonchev–Trinajstić information content (AvgIpc) is 2.29. The van der Waals surface area contributed by atoms with E-state index < -0.39 is 0 Å². The van der Waals surface area contributed by atoms with Crippen LogP contribution in [0.4, 0.5) is 5.69 Å². The Bertz CT molecular complexity index is 468. The number of nitriles is 1. The second-order valence-corrected chi connectivity index (χ2v) is 4.23. The van der Waals surface area contributed by atoms with Crippen LogP contribution in [0, 0.1) is 11.3 Å². The number of rotatable bonds is 1. The smallest absolute Gasteiger partial charge is 0.253 e. The van der Waals surface area contributed by atoms with Gasteiger partial charge in [0.25, 0.3) is 5.91 Å². The largest absolute Gasteiger partial charge is 0.370 e. The molecule has 0 bridgehead atoms. The second kappa shape index (κ2) is 4.64. The lowest BCUT2D eigenvalue weighted by Crippen LogP contribution is -2.41. The molecule has 1 amide bonds. The van der Waals surface area contributed by atoms with Crippen molar-refractivity contribution in [1.29, 1.82) is 5.26 Å². The van der Waals surface area contributed by atoms with Gasteiger partial charge in [0.15, 0.2) is 0 Å². The highest BCUT2D eigenvalue weighted by molar-refractivity contribution is 9.10. The highest BCUT2D eigenvalue weighted by atomic mass is 79.9. The third-order valence-electron chi connectivity index (χ3n) is 2.37. The molecule has 0 aliphatic carbocycles. The van der Waals surface area contributed by atoms with Gasteiger partial charge in [0, 0.05) is 16.7 Å². The van der Waals surface area contributed by atoms with Gasteiger partial charge in [-0.3, -0.25) is 4.79 Å². The van der Waals surface area contributed by atoms with E-state index in [1.54, 1.807) is 23.1 Å². The summed E-state index contributed by atoms with van der Waals surface area (Å²) in [5.41, 5.74) is 1.35. The third-order valence-corrected chi connectivity index (χ3v) is 3.03. The van der Waals surface area contributed by atoms with E-state index >= 15 is 0 Å². The molecule has 0 saturated carbocycles. The molecular formula is C11H9BrN2O2. The van der Waals surface area contributed by atoms with Crippen LogP contribution < -0.4 is 4.90 Å². The van der Waals surface area contributed by atoms with E-state index in [0.717, 1.165) is 5.69 Å². The van der Waals surface area contributed by atoms with Gasteiger partial charge in [-0.1, -0.05) is 0 Å². The summed E-state index contributed by atoms with van der Waals surface area (Å²) < 4.78 is 5.75. The number of nitrogens with zero attached hydrogens (tertiary/aromatic N) is 2. The Morgan fingerprint density at radius 3 is 2.94 bits per heavy atom. The number of ether oxygens (including phenoxy) is 1. The number of benzene rings is 1. The predicted octanol–water partition coefficient (Wildman–Crippen LogP) is 1.68. The summed E-state index contributed by atoms with van der Waals surface area (Å²) in [6.07, 6.45) is 0. The van der Waals surface area contributed by atoms with Crippen molar-refractivity contribution in [1.82, 2.24) is 0 Å². The molecule has 2 rings (SSSR count). The zero-order valence-corrected chi connectivity index (χ0v) is 10.0. The number of halogens is 1. The van der Waals surface area contributed by atoms with E-state index in [0.29, 0.717) is 23.2 Å². The Morgan fingerprint density at radius 2 is 2.31 bits per heavy atom. The van der Waals surface area contributed by atoms with Crippen molar-refractivity contribution in [3.05, 3.63) is 28.2 Å². The first-order valence-electron chi connectivity index (χ1n) is 4.80. The average molecular weight is 281 g/mol. The number of anilines is 1. The molecule has 0 atom stereocenters. The van der Waals surface area contributed by atoms with E-state index in [-0.39, 0.29) is 12.5 Å². The van der Waals surface area contributed by atoms with Crippen molar-refractivity contribution in [2.24, 2.45) is 0 Å². The monoisotopic (exact) mass is 280 g/mol. The third kappa shape index (κ3) is 2.08. The normalized spacial score (nSPS) is 16.0. The highest BCUT2D eigenvalue weighted by Crippen LogP contribution is 2.24. The summed E-state index contributed by atoms with van der Waals surface area (Å²) in [7, 11) is 0. The number of carbonyl (C=O) groups excluding carboxylic acids is 1. The first kappa shape index (κ1) is 11.1. The predicted molar refractivity (Wildman–Crippen MR) is 62.0 cm³/mol. The van der Waals surface area contributed by atoms with Gasteiger partial charge in [-0.15, -0.1) is 0 Å². The maximum atomic E-state index is 11.6. The number of morpholine rings is 1. The fourth-order valence-corrected chi connectivity index (χ4v) is 2.01. The SMILES string of the molecule is N#Cc1ccc(N2CCOCC2=O)cc1Br. The van der Waals surface area contributed by atoms with E-state index in [1.165, 1.54) is 0 Å². The van der Waals surface area contributed by atoms with Gasteiger partial charge in [0.05, 0.1) is 12.2 Å². The van der Waals surface area contributed by atoms with E-state index in [9.17, 15) is 4.79 Å². The van der Waals surface area contributed by atoms with E-state index in [4.69, 9.17) is 10.00 Å². The van der Waals surface area contributed by atoms with Gasteiger partial charge in [0.1, 0.15) is 12.7 Å². The topological polar surface area (TPSA) is 53.3 Å². The Labute approximate surface area is 102 Å². The van der Waals surface area contributed by atoms with Gasteiger partial charge >= 0.3 is 0 Å². The minimum Gasteiger partial charge on any atom is -0.370 e. The molecule has 1 aromatic carbocycles. The molecule has 0 radical (unpaired) electrons. The van der Waals surface area contributed by atoms with Gasteiger partial charge in [0.2, 0.25) is 0 Å². The molecule has 0 unspecified atom stereocenters. The molecule has 16 heavy (non-hydrogen) atoms. The molecule has 1 aliphatic heterocycles. The molecule has 5 heteroatoms. The van der Waals surface area contributed by atoms with Crippen molar-refractivity contribution in [3.63, 3.8) is 0 Å². The molecule has 1 fully saturated rings. The minimum absolute atomic E-state index is 0.0529. The van der Waals surface area contributed by atoms with Crippen LogP contribution in [0.3, 0.4) is 0 Å². The van der Waals surface area contributed by atoms with E-state index in [2.05, 4.69) is 22.0 Å². The van der Waals surface area contributed by atoms with Crippen LogP contribution in [-0.2, 0) is 9.53 Å². The molecular weight excluding hydrogens is 272 g/mol. The molecule has 0 spiro atoms. The first-order chi connectivity index (χ1) is 7.72. The summed E-state index contributed by atoms with van der Waals surface area (Å²) in [5.74, 6) is -0.0529. The number of hydrogen-bond donors (Lipinski definition) is 0. The summed E-state index contributed by atoms with van der Waals surface area (Å²) in [5, 5.41) is 8.79. The molecule has 82 valence electrons. The second-order valence-electron chi connectivity index (χ2n) is 3.37. The van der Waals surface area contributed by atoms with Crippen LogP contribution in [0.25, 0.3) is 0 Å². The Morgan fingerprint density at radius 1 is 1.50 bits per heavy atom. The Kier molecular flexibility index (Phi) is 3.22. The molecule has 0 N–H and O–H groups in total. The molecule has 1 aliphatic rings. The molecule has 1 saturated heterocycles. The van der Waals surface area contributed by atoms with Crippen LogP contribution in [0.5, 0.6) is 0 Å². The van der Waals surface area contributed by atoms with Crippen LogP contribution in [0.15, 0.2) is 22.7 Å². The fourth-order valence-electron chi connectivity index (χ4n) is 1.55. The summed E-state index contributed by atoms with van der Waals surface area (Å²) in [6.45, 7) is 1.22. The maximum Gasteiger partial charge on any atom is 0.253 e. The lowest BCUT2D eigenvalue weighted by molar-refractivity contribution is -0.125. The maximum absolute atomic E-state index is 11.6. The molecule has 1 aromatic rings. The lowest BCUT2D eigenvalue weighted by Gasteiger charge is -2.27. The summed E-state index contributed by atoms with van der Waals surface area (Å²) in [4.78, 5) is 13.2. The fraction of sp³-hybridized carbons (Fsp3) is 0.273. The zero-order chi connectivity index (χ0) is 11.5. The van der Waals surface area contributed by atoms with E-state index in [1.807, 2.05) is 0 Å². The molecule has 0 aromatic heterocycles. The number of carbonyl (C=O) groups is 1. The summed E-state index contributed by atoms with van der Waals surface area (Å²) >= 11 is 3.30. The zero-order valence-electron chi connectivity index (χ0n) is 8.44. The standard InChI is InChI=1S/C11H9BrN2O2/c12-10-5-9(2-1-8(10)6-13)14-3-4-16-7-11(14)15/h1-2,5H,3-4,7H2. The van der Waals surface area contributed by atoms with Crippen LogP contribution >= 0.6 is 15.9 Å². The van der Waals surface area contributed by atoms with Crippen molar-refractivity contribution < 1.29 is 9.53 Å². The van der Waals surface area contributed by atoms with Crippen molar-refractivity contribution in [2.75, 3.05) is 24.7 Å². The quantitative estimate of drug-likeness (QED) is 0.787. The van der Waals surface area contributed by atoms with Gasteiger partial charge in [-0.05, 0) is 34.1 Å². The van der Waals surface area contributed by atoms with Crippen molar-refractivity contribution in [2.45, 2.75) is 0 Å². The van der Waals surface area contributed by atoms with Crippen LogP contribution in [-0.4, -0.2) is 25.7 Å². The van der Waals surface area contributed by atoms with Crippen LogP contribution in [0.2, 0.25) is 0 Å². The Hall–Kier alpha value is -1.38. The number of hydrogen-bond acceptors (Lipinski definition) is 3. The minimum atomic E-state index is -0.0529. The lowest BCUT2D eigenvalue weighted by atomic mass is 10.2. The van der Waals surface area contributed by atoms with Crippen molar-refractivity contribution in [3.8, 4) is 6.07 Å².